The highest BCUT2D eigenvalue weighted by atomic mass is 16.7. The topological polar surface area (TPSA) is 61.5 Å². The number of ether oxygens (including phenoxy) is 2. The van der Waals surface area contributed by atoms with Crippen molar-refractivity contribution in [3.05, 3.63) is 0 Å². The number of rotatable bonds is 2. The molecule has 0 bridgehead atoms. The van der Waals surface area contributed by atoms with E-state index in [1.807, 2.05) is 0 Å². The largest absolute Gasteiger partial charge is 0.509 e. The van der Waals surface area contributed by atoms with Gasteiger partial charge in [0.2, 0.25) is 0 Å². The number of nitrogens with two attached hydrogens (primary N) is 1. The highest BCUT2D eigenvalue weighted by Crippen LogP contribution is 2.38. The van der Waals surface area contributed by atoms with E-state index in [-0.39, 0.29) is 0 Å². The van der Waals surface area contributed by atoms with Crippen molar-refractivity contribution in [2.45, 2.75) is 31.9 Å². The number of hydrogen-bond acceptors (Lipinski definition) is 4. The van der Waals surface area contributed by atoms with E-state index in [1.165, 1.54) is 7.11 Å². The molecule has 1 saturated carbocycles. The van der Waals surface area contributed by atoms with Crippen LogP contribution in [-0.2, 0) is 9.47 Å². The van der Waals surface area contributed by atoms with Crippen LogP contribution in [-0.4, -0.2) is 19.0 Å². The van der Waals surface area contributed by atoms with Crippen LogP contribution in [0, 0.1) is 5.92 Å². The second kappa shape index (κ2) is 3.31. The Morgan fingerprint density at radius 2 is 2.25 bits per heavy atom. The first-order valence-electron chi connectivity index (χ1n) is 4.15. The molecule has 0 radical (unpaired) electrons. The van der Waals surface area contributed by atoms with Crippen molar-refractivity contribution in [1.82, 2.24) is 0 Å². The molecule has 2 N–H and O–H groups in total. The highest BCUT2D eigenvalue weighted by Gasteiger charge is 2.43. The van der Waals surface area contributed by atoms with Gasteiger partial charge < -0.3 is 9.47 Å². The fraction of sp³-hybridized carbons (Fsp3) is 0.875. The van der Waals surface area contributed by atoms with E-state index in [2.05, 4.69) is 11.7 Å². The molecule has 0 saturated heterocycles. The van der Waals surface area contributed by atoms with E-state index < -0.39 is 11.9 Å². The molecule has 0 aromatic heterocycles. The van der Waals surface area contributed by atoms with E-state index in [0.29, 0.717) is 5.92 Å². The lowest BCUT2D eigenvalue weighted by Gasteiger charge is -2.42. The average molecular weight is 173 g/mol. The lowest BCUT2D eigenvalue weighted by Crippen LogP contribution is -2.54. The number of carbonyl (C=O) groups is 1. The van der Waals surface area contributed by atoms with E-state index in [9.17, 15) is 4.79 Å². The van der Waals surface area contributed by atoms with Gasteiger partial charge in [0.25, 0.3) is 0 Å². The van der Waals surface area contributed by atoms with Crippen LogP contribution in [0.2, 0.25) is 0 Å². The maximum Gasteiger partial charge on any atom is 0.509 e. The van der Waals surface area contributed by atoms with Crippen molar-refractivity contribution in [2.24, 2.45) is 11.7 Å². The molecule has 4 nitrogen and oxygen atoms in total. The molecular weight excluding hydrogens is 158 g/mol. The Balaban J connectivity index is 2.30. The minimum absolute atomic E-state index is 0.597. The number of methoxy groups -OCH3 is 1. The second-order valence-electron chi connectivity index (χ2n) is 3.30. The normalized spacial score (nSPS) is 33.8. The van der Waals surface area contributed by atoms with Crippen LogP contribution in [0.15, 0.2) is 0 Å². The lowest BCUT2D eigenvalue weighted by atomic mass is 9.76. The SMILES string of the molecule is CCC1CC(N)(OC(=O)OC)C1. The van der Waals surface area contributed by atoms with E-state index in [0.717, 1.165) is 19.3 Å². The standard InChI is InChI=1S/C8H15NO3/c1-3-6-4-8(9,5-6)12-7(10)11-2/h6H,3-5,9H2,1-2H3. The molecule has 0 aliphatic heterocycles. The fourth-order valence-electron chi connectivity index (χ4n) is 1.50. The summed E-state index contributed by atoms with van der Waals surface area (Å²) in [5.41, 5.74) is 4.97. The van der Waals surface area contributed by atoms with Gasteiger partial charge in [-0.3, -0.25) is 5.73 Å². The predicted molar refractivity (Wildman–Crippen MR) is 43.4 cm³/mol. The van der Waals surface area contributed by atoms with Gasteiger partial charge in [0.1, 0.15) is 0 Å². The Labute approximate surface area is 72.0 Å². The number of hydrogen-bond donors (Lipinski definition) is 1. The molecular formula is C8H15NO3. The predicted octanol–water partition coefficient (Wildman–Crippen LogP) is 1.24. The van der Waals surface area contributed by atoms with Gasteiger partial charge in [0.05, 0.1) is 7.11 Å². The van der Waals surface area contributed by atoms with Crippen LogP contribution in [0.1, 0.15) is 26.2 Å². The van der Waals surface area contributed by atoms with Gasteiger partial charge in [-0.25, -0.2) is 4.79 Å². The first-order chi connectivity index (χ1) is 5.59. The third-order valence-corrected chi connectivity index (χ3v) is 2.30. The smallest absolute Gasteiger partial charge is 0.438 e. The summed E-state index contributed by atoms with van der Waals surface area (Å²) in [6.07, 6.45) is 1.90. The maximum atomic E-state index is 10.7. The molecule has 1 rings (SSSR count). The maximum absolute atomic E-state index is 10.7. The molecule has 0 aromatic rings. The van der Waals surface area contributed by atoms with Gasteiger partial charge in [-0.05, 0) is 5.92 Å². The Morgan fingerprint density at radius 1 is 1.67 bits per heavy atom. The zero-order valence-corrected chi connectivity index (χ0v) is 7.50. The molecule has 1 aliphatic rings. The first-order valence-corrected chi connectivity index (χ1v) is 4.15. The molecule has 12 heavy (non-hydrogen) atoms. The zero-order valence-electron chi connectivity index (χ0n) is 7.50. The van der Waals surface area contributed by atoms with Crippen molar-refractivity contribution < 1.29 is 14.3 Å². The molecule has 0 heterocycles. The number of carbonyl (C=O) groups excluding carboxylic acids is 1. The molecule has 1 aliphatic carbocycles. The van der Waals surface area contributed by atoms with E-state index in [4.69, 9.17) is 10.5 Å². The molecule has 0 amide bonds. The average Bonchev–Trinajstić information content (AvgIpc) is 1.99. The molecule has 70 valence electrons. The fourth-order valence-corrected chi connectivity index (χ4v) is 1.50. The van der Waals surface area contributed by atoms with Gasteiger partial charge in [-0.1, -0.05) is 13.3 Å². The summed E-state index contributed by atoms with van der Waals surface area (Å²) in [7, 11) is 1.28. The van der Waals surface area contributed by atoms with Gasteiger partial charge in [0, 0.05) is 12.8 Å². The van der Waals surface area contributed by atoms with Crippen LogP contribution in [0.4, 0.5) is 4.79 Å². The third-order valence-electron chi connectivity index (χ3n) is 2.30. The van der Waals surface area contributed by atoms with Crippen molar-refractivity contribution in [1.29, 1.82) is 0 Å². The summed E-state index contributed by atoms with van der Waals surface area (Å²) < 4.78 is 9.22. The molecule has 4 heteroatoms. The van der Waals surface area contributed by atoms with Crippen molar-refractivity contribution in [3.8, 4) is 0 Å². The summed E-state index contributed by atoms with van der Waals surface area (Å²) >= 11 is 0. The van der Waals surface area contributed by atoms with Gasteiger partial charge in [-0.2, -0.15) is 0 Å². The molecule has 0 atom stereocenters. The zero-order chi connectivity index (χ0) is 9.19. The van der Waals surface area contributed by atoms with Gasteiger partial charge in [-0.15, -0.1) is 0 Å². The molecule has 0 unspecified atom stereocenters. The summed E-state index contributed by atoms with van der Waals surface area (Å²) in [6, 6.07) is 0. The summed E-state index contributed by atoms with van der Waals surface area (Å²) in [5.74, 6) is 0.597. The monoisotopic (exact) mass is 173 g/mol. The van der Waals surface area contributed by atoms with Crippen LogP contribution < -0.4 is 5.73 Å². The summed E-state index contributed by atoms with van der Waals surface area (Å²) in [5, 5.41) is 0. The minimum atomic E-state index is -0.756. The van der Waals surface area contributed by atoms with Crippen LogP contribution in [0.3, 0.4) is 0 Å². The quantitative estimate of drug-likeness (QED) is 0.504. The first kappa shape index (κ1) is 9.32. The molecule has 0 aromatic carbocycles. The summed E-state index contributed by atoms with van der Waals surface area (Å²) in [4.78, 5) is 10.7. The van der Waals surface area contributed by atoms with Crippen molar-refractivity contribution >= 4 is 6.16 Å². The van der Waals surface area contributed by atoms with Crippen LogP contribution in [0.5, 0.6) is 0 Å². The Bertz CT molecular complexity index is 175. The van der Waals surface area contributed by atoms with Crippen molar-refractivity contribution in [2.75, 3.05) is 7.11 Å². The van der Waals surface area contributed by atoms with Crippen molar-refractivity contribution in [3.63, 3.8) is 0 Å². The van der Waals surface area contributed by atoms with Gasteiger partial charge in [0.15, 0.2) is 5.72 Å². The summed E-state index contributed by atoms with van der Waals surface area (Å²) in [6.45, 7) is 2.10. The Hall–Kier alpha value is -0.770. The van der Waals surface area contributed by atoms with Gasteiger partial charge >= 0.3 is 6.16 Å². The molecule has 1 fully saturated rings. The van der Waals surface area contributed by atoms with E-state index in [1.54, 1.807) is 0 Å². The Kier molecular flexibility index (Phi) is 2.57. The Morgan fingerprint density at radius 3 is 2.67 bits per heavy atom. The lowest BCUT2D eigenvalue weighted by molar-refractivity contribution is -0.0987. The van der Waals surface area contributed by atoms with E-state index >= 15 is 0 Å². The van der Waals surface area contributed by atoms with Crippen LogP contribution >= 0.6 is 0 Å². The van der Waals surface area contributed by atoms with Crippen LogP contribution in [0.25, 0.3) is 0 Å². The third kappa shape index (κ3) is 1.88. The second-order valence-corrected chi connectivity index (χ2v) is 3.30. The highest BCUT2D eigenvalue weighted by molar-refractivity contribution is 5.60. The molecule has 0 spiro atoms. The minimum Gasteiger partial charge on any atom is -0.438 e.